The molecule has 0 radical (unpaired) electrons. The van der Waals surface area contributed by atoms with Crippen molar-refractivity contribution in [1.29, 1.82) is 0 Å². The van der Waals surface area contributed by atoms with Crippen LogP contribution in [0.25, 0.3) is 0 Å². The van der Waals surface area contributed by atoms with E-state index in [4.69, 9.17) is 0 Å². The maximum atomic E-state index is 11.9. The average Bonchev–Trinajstić information content (AvgIpc) is 2.14. The Morgan fingerprint density at radius 1 is 1.21 bits per heavy atom. The molecule has 14 heavy (non-hydrogen) atoms. The van der Waals surface area contributed by atoms with Gasteiger partial charge in [0.15, 0.2) is 0 Å². The topological polar surface area (TPSA) is 12.0 Å². The van der Waals surface area contributed by atoms with Crippen LogP contribution in [0, 0.1) is 5.92 Å². The summed E-state index contributed by atoms with van der Waals surface area (Å²) in [5.74, 6) is 0.436. The van der Waals surface area contributed by atoms with Gasteiger partial charge in [-0.3, -0.25) is 0 Å². The fourth-order valence-corrected chi connectivity index (χ4v) is 2.08. The number of hydrogen-bond donors (Lipinski definition) is 1. The lowest BCUT2D eigenvalue weighted by atomic mass is 9.84. The zero-order chi connectivity index (χ0) is 10.6. The van der Waals surface area contributed by atoms with Crippen LogP contribution < -0.4 is 5.32 Å². The van der Waals surface area contributed by atoms with Gasteiger partial charge in [-0.25, -0.2) is 0 Å². The zero-order valence-electron chi connectivity index (χ0n) is 8.53. The molecule has 0 heterocycles. The molecule has 0 aromatic heterocycles. The van der Waals surface area contributed by atoms with E-state index in [-0.39, 0.29) is 6.04 Å². The van der Waals surface area contributed by atoms with Crippen LogP contribution in [-0.2, 0) is 0 Å². The molecular formula is C10H18F3N. The van der Waals surface area contributed by atoms with Gasteiger partial charge in [0.2, 0.25) is 0 Å². The summed E-state index contributed by atoms with van der Waals surface area (Å²) in [5.41, 5.74) is 0. The monoisotopic (exact) mass is 209 g/mol. The first-order valence-electron chi connectivity index (χ1n) is 5.29. The maximum absolute atomic E-state index is 11.9. The molecule has 84 valence electrons. The Labute approximate surface area is 83.1 Å². The van der Waals surface area contributed by atoms with Crippen molar-refractivity contribution in [3.63, 3.8) is 0 Å². The Kier molecular flexibility index (Phi) is 4.23. The summed E-state index contributed by atoms with van der Waals surface area (Å²) < 4.78 is 35.8. The predicted molar refractivity (Wildman–Crippen MR) is 50.1 cm³/mol. The zero-order valence-corrected chi connectivity index (χ0v) is 8.53. The Morgan fingerprint density at radius 2 is 1.79 bits per heavy atom. The SMILES string of the molecule is C[C@@H](NCC(F)(F)F)C1CCCCC1. The molecule has 0 aromatic carbocycles. The predicted octanol–water partition coefficient (Wildman–Crippen LogP) is 3.11. The van der Waals surface area contributed by atoms with E-state index in [0.29, 0.717) is 5.92 Å². The summed E-state index contributed by atoms with van der Waals surface area (Å²) >= 11 is 0. The molecule has 1 rings (SSSR count). The maximum Gasteiger partial charge on any atom is 0.401 e. The lowest BCUT2D eigenvalue weighted by molar-refractivity contribution is -0.126. The quantitative estimate of drug-likeness (QED) is 0.753. The average molecular weight is 209 g/mol. The third kappa shape index (κ3) is 4.31. The van der Waals surface area contributed by atoms with E-state index in [1.807, 2.05) is 6.92 Å². The van der Waals surface area contributed by atoms with Crippen molar-refractivity contribution >= 4 is 0 Å². The summed E-state index contributed by atoms with van der Waals surface area (Å²) in [4.78, 5) is 0. The van der Waals surface area contributed by atoms with Crippen LogP contribution >= 0.6 is 0 Å². The van der Waals surface area contributed by atoms with E-state index in [9.17, 15) is 13.2 Å². The van der Waals surface area contributed by atoms with Gasteiger partial charge in [-0.05, 0) is 25.7 Å². The van der Waals surface area contributed by atoms with Crippen molar-refractivity contribution in [3.05, 3.63) is 0 Å². The van der Waals surface area contributed by atoms with Crippen molar-refractivity contribution in [3.8, 4) is 0 Å². The lowest BCUT2D eigenvalue weighted by Gasteiger charge is -2.28. The Morgan fingerprint density at radius 3 is 2.29 bits per heavy atom. The van der Waals surface area contributed by atoms with Crippen LogP contribution in [0.1, 0.15) is 39.0 Å². The first-order chi connectivity index (χ1) is 6.49. The first kappa shape index (κ1) is 11.8. The molecule has 1 atom stereocenters. The summed E-state index contributed by atoms with van der Waals surface area (Å²) in [6.07, 6.45) is 1.65. The molecule has 0 aromatic rings. The molecule has 0 unspecified atom stereocenters. The lowest BCUT2D eigenvalue weighted by Crippen LogP contribution is -2.40. The van der Waals surface area contributed by atoms with E-state index in [0.717, 1.165) is 12.8 Å². The van der Waals surface area contributed by atoms with Crippen molar-refractivity contribution in [2.24, 2.45) is 5.92 Å². The third-order valence-corrected chi connectivity index (χ3v) is 2.98. The summed E-state index contributed by atoms with van der Waals surface area (Å²) in [5, 5.41) is 2.57. The standard InChI is InChI=1S/C10H18F3N/c1-8(14-7-10(11,12)13)9-5-3-2-4-6-9/h8-9,14H,2-7H2,1H3/t8-/m1/s1. The van der Waals surface area contributed by atoms with Crippen LogP contribution in [0.5, 0.6) is 0 Å². The molecule has 4 heteroatoms. The summed E-state index contributed by atoms with van der Waals surface area (Å²) in [6.45, 7) is 1.01. The van der Waals surface area contributed by atoms with Gasteiger partial charge in [-0.1, -0.05) is 19.3 Å². The normalized spacial score (nSPS) is 22.3. The number of nitrogens with one attached hydrogen (secondary N) is 1. The van der Waals surface area contributed by atoms with E-state index in [1.165, 1.54) is 19.3 Å². The third-order valence-electron chi connectivity index (χ3n) is 2.98. The Balaban J connectivity index is 2.23. The second-order valence-electron chi connectivity index (χ2n) is 4.18. The van der Waals surface area contributed by atoms with E-state index < -0.39 is 12.7 Å². The Hall–Kier alpha value is -0.250. The van der Waals surface area contributed by atoms with Crippen LogP contribution in [0.4, 0.5) is 13.2 Å². The minimum Gasteiger partial charge on any atom is -0.306 e. The van der Waals surface area contributed by atoms with Gasteiger partial charge in [0.05, 0.1) is 6.54 Å². The van der Waals surface area contributed by atoms with E-state index in [1.54, 1.807) is 0 Å². The summed E-state index contributed by atoms with van der Waals surface area (Å²) in [7, 11) is 0. The molecule has 0 amide bonds. The van der Waals surface area contributed by atoms with Crippen LogP contribution in [-0.4, -0.2) is 18.8 Å². The fourth-order valence-electron chi connectivity index (χ4n) is 2.08. The van der Waals surface area contributed by atoms with Crippen molar-refractivity contribution < 1.29 is 13.2 Å². The molecule has 1 aliphatic rings. The second kappa shape index (κ2) is 5.01. The van der Waals surface area contributed by atoms with E-state index in [2.05, 4.69) is 5.32 Å². The van der Waals surface area contributed by atoms with Gasteiger partial charge in [-0.2, -0.15) is 13.2 Å². The molecular weight excluding hydrogens is 191 g/mol. The molecule has 0 aliphatic heterocycles. The highest BCUT2D eigenvalue weighted by atomic mass is 19.4. The minimum atomic E-state index is -4.08. The molecule has 1 nitrogen and oxygen atoms in total. The molecule has 1 N–H and O–H groups in total. The first-order valence-corrected chi connectivity index (χ1v) is 5.29. The molecule has 1 fully saturated rings. The molecule has 0 bridgehead atoms. The van der Waals surface area contributed by atoms with Gasteiger partial charge < -0.3 is 5.32 Å². The fraction of sp³-hybridized carbons (Fsp3) is 1.00. The number of rotatable bonds is 3. The molecule has 1 aliphatic carbocycles. The van der Waals surface area contributed by atoms with E-state index >= 15 is 0 Å². The van der Waals surface area contributed by atoms with Gasteiger partial charge >= 0.3 is 6.18 Å². The van der Waals surface area contributed by atoms with Crippen molar-refractivity contribution in [1.82, 2.24) is 5.32 Å². The smallest absolute Gasteiger partial charge is 0.306 e. The van der Waals surface area contributed by atoms with Crippen LogP contribution in [0.3, 0.4) is 0 Å². The summed E-state index contributed by atoms with van der Waals surface area (Å²) in [6, 6.07) is -0.00285. The van der Waals surface area contributed by atoms with Gasteiger partial charge in [0.25, 0.3) is 0 Å². The van der Waals surface area contributed by atoms with Gasteiger partial charge in [-0.15, -0.1) is 0 Å². The highest BCUT2D eigenvalue weighted by molar-refractivity contribution is 4.76. The number of hydrogen-bond acceptors (Lipinski definition) is 1. The second-order valence-corrected chi connectivity index (χ2v) is 4.18. The van der Waals surface area contributed by atoms with Gasteiger partial charge in [0.1, 0.15) is 0 Å². The van der Waals surface area contributed by atoms with Crippen molar-refractivity contribution in [2.45, 2.75) is 51.2 Å². The van der Waals surface area contributed by atoms with Gasteiger partial charge in [0, 0.05) is 6.04 Å². The largest absolute Gasteiger partial charge is 0.401 e. The Bertz CT molecular complexity index is 161. The highest BCUT2D eigenvalue weighted by Gasteiger charge is 2.29. The molecule has 0 saturated heterocycles. The highest BCUT2D eigenvalue weighted by Crippen LogP contribution is 2.26. The molecule has 1 saturated carbocycles. The number of alkyl halides is 3. The van der Waals surface area contributed by atoms with Crippen molar-refractivity contribution in [2.75, 3.05) is 6.54 Å². The van der Waals surface area contributed by atoms with Crippen LogP contribution in [0.2, 0.25) is 0 Å². The number of halogens is 3. The molecule has 0 spiro atoms. The van der Waals surface area contributed by atoms with Crippen LogP contribution in [0.15, 0.2) is 0 Å². The minimum absolute atomic E-state index is 0.00285.